The molecule has 7 heteroatoms. The van der Waals surface area contributed by atoms with E-state index >= 15 is 0 Å². The summed E-state index contributed by atoms with van der Waals surface area (Å²) in [6.45, 7) is 7.56. The van der Waals surface area contributed by atoms with E-state index in [4.69, 9.17) is 9.72 Å². The van der Waals surface area contributed by atoms with Crippen molar-refractivity contribution in [2.45, 2.75) is 19.9 Å². The van der Waals surface area contributed by atoms with Crippen molar-refractivity contribution in [3.05, 3.63) is 71.3 Å². The van der Waals surface area contributed by atoms with Crippen LogP contribution in [0.3, 0.4) is 0 Å². The molecule has 156 valence electrons. The second-order valence-corrected chi connectivity index (χ2v) is 7.42. The molecule has 1 aliphatic heterocycles. The second-order valence-electron chi connectivity index (χ2n) is 7.42. The monoisotopic (exact) mass is 407 g/mol. The summed E-state index contributed by atoms with van der Waals surface area (Å²) in [5.74, 6) is 1.14. The van der Waals surface area contributed by atoms with Crippen LogP contribution in [0.5, 0.6) is 0 Å². The molecule has 1 aliphatic rings. The van der Waals surface area contributed by atoms with E-state index in [1.807, 2.05) is 38.1 Å². The lowest BCUT2D eigenvalue weighted by atomic mass is 10.0. The Hall–Kier alpha value is -2.90. The van der Waals surface area contributed by atoms with E-state index in [9.17, 15) is 4.39 Å². The number of rotatable bonds is 6. The summed E-state index contributed by atoms with van der Waals surface area (Å²) in [5.41, 5.74) is 3.58. The van der Waals surface area contributed by atoms with Crippen LogP contribution in [0.15, 0.2) is 48.7 Å². The summed E-state index contributed by atoms with van der Waals surface area (Å²) in [7, 11) is 0. The van der Waals surface area contributed by atoms with Crippen LogP contribution in [0.25, 0.3) is 11.5 Å². The highest BCUT2D eigenvalue weighted by atomic mass is 19.1. The maximum absolute atomic E-state index is 13.9. The van der Waals surface area contributed by atoms with Gasteiger partial charge >= 0.3 is 0 Å². The molecule has 1 atom stereocenters. The van der Waals surface area contributed by atoms with Gasteiger partial charge in [0.15, 0.2) is 5.82 Å². The Kier molecular flexibility index (Phi) is 6.30. The molecule has 4 rings (SSSR count). The second kappa shape index (κ2) is 9.28. The van der Waals surface area contributed by atoms with Gasteiger partial charge < -0.3 is 10.1 Å². The van der Waals surface area contributed by atoms with Gasteiger partial charge in [0.05, 0.1) is 19.3 Å². The first-order chi connectivity index (χ1) is 14.6. The van der Waals surface area contributed by atoms with E-state index in [2.05, 4.69) is 20.2 Å². The van der Waals surface area contributed by atoms with E-state index in [1.54, 1.807) is 18.3 Å². The van der Waals surface area contributed by atoms with Gasteiger partial charge in [0.2, 0.25) is 0 Å². The SMILES string of the molecule is Cc1nc(-c2ccccn2)nc(NCC(c2cccc(F)c2)N2CCOCC2)c1C. The standard InChI is InChI=1S/C23H26FN5O/c1-16-17(2)27-23(20-8-3-4-9-25-20)28-22(16)26-15-21(29-10-12-30-13-11-29)18-6-5-7-19(24)14-18/h3-9,14,21H,10-13,15H2,1-2H3,(H,26,27,28). The average molecular weight is 407 g/mol. The third-order valence-electron chi connectivity index (χ3n) is 5.47. The minimum atomic E-state index is -0.225. The Balaban J connectivity index is 1.61. The molecule has 1 aromatic carbocycles. The lowest BCUT2D eigenvalue weighted by Gasteiger charge is -2.35. The number of nitrogens with zero attached hydrogens (tertiary/aromatic N) is 4. The molecule has 30 heavy (non-hydrogen) atoms. The van der Waals surface area contributed by atoms with Crippen LogP contribution in [0.1, 0.15) is 22.9 Å². The van der Waals surface area contributed by atoms with Crippen molar-refractivity contribution in [1.82, 2.24) is 19.9 Å². The molecular formula is C23H26FN5O. The average Bonchev–Trinajstić information content (AvgIpc) is 2.78. The lowest BCUT2D eigenvalue weighted by Crippen LogP contribution is -2.41. The molecule has 0 saturated carbocycles. The van der Waals surface area contributed by atoms with Gasteiger partial charge in [0.1, 0.15) is 17.3 Å². The van der Waals surface area contributed by atoms with Crippen LogP contribution < -0.4 is 5.32 Å². The van der Waals surface area contributed by atoms with Crippen molar-refractivity contribution in [3.63, 3.8) is 0 Å². The summed E-state index contributed by atoms with van der Waals surface area (Å²) >= 11 is 0. The van der Waals surface area contributed by atoms with Crippen LogP contribution in [-0.2, 0) is 4.74 Å². The maximum atomic E-state index is 13.9. The molecule has 0 amide bonds. The number of benzene rings is 1. The summed E-state index contributed by atoms with van der Waals surface area (Å²) in [4.78, 5) is 16.0. The van der Waals surface area contributed by atoms with Crippen LogP contribution in [0.2, 0.25) is 0 Å². The number of aryl methyl sites for hydroxylation is 1. The zero-order valence-corrected chi connectivity index (χ0v) is 17.3. The van der Waals surface area contributed by atoms with Crippen LogP contribution in [0.4, 0.5) is 10.2 Å². The van der Waals surface area contributed by atoms with Gasteiger partial charge in [-0.25, -0.2) is 14.4 Å². The minimum Gasteiger partial charge on any atom is -0.379 e. The predicted molar refractivity (Wildman–Crippen MR) is 115 cm³/mol. The zero-order valence-electron chi connectivity index (χ0n) is 17.3. The third-order valence-corrected chi connectivity index (χ3v) is 5.47. The highest BCUT2D eigenvalue weighted by molar-refractivity contribution is 5.56. The van der Waals surface area contributed by atoms with E-state index < -0.39 is 0 Å². The van der Waals surface area contributed by atoms with Gasteiger partial charge in [-0.1, -0.05) is 18.2 Å². The first-order valence-electron chi connectivity index (χ1n) is 10.2. The van der Waals surface area contributed by atoms with Gasteiger partial charge in [0, 0.05) is 37.1 Å². The maximum Gasteiger partial charge on any atom is 0.180 e. The Labute approximate surface area is 176 Å². The Morgan fingerprint density at radius 1 is 1.10 bits per heavy atom. The molecule has 6 nitrogen and oxygen atoms in total. The quantitative estimate of drug-likeness (QED) is 0.671. The van der Waals surface area contributed by atoms with E-state index in [-0.39, 0.29) is 11.9 Å². The Morgan fingerprint density at radius 2 is 1.93 bits per heavy atom. The van der Waals surface area contributed by atoms with Crippen molar-refractivity contribution >= 4 is 5.82 Å². The van der Waals surface area contributed by atoms with E-state index in [0.29, 0.717) is 25.6 Å². The normalized spacial score (nSPS) is 15.7. The smallest absolute Gasteiger partial charge is 0.180 e. The van der Waals surface area contributed by atoms with Crippen molar-refractivity contribution in [1.29, 1.82) is 0 Å². The minimum absolute atomic E-state index is 0.0116. The summed E-state index contributed by atoms with van der Waals surface area (Å²) in [6, 6.07) is 12.5. The van der Waals surface area contributed by atoms with Crippen molar-refractivity contribution < 1.29 is 9.13 Å². The number of hydrogen-bond donors (Lipinski definition) is 1. The molecule has 2 aromatic heterocycles. The molecule has 0 radical (unpaired) electrons. The number of hydrogen-bond acceptors (Lipinski definition) is 6. The molecule has 0 bridgehead atoms. The molecule has 3 heterocycles. The Morgan fingerprint density at radius 3 is 2.67 bits per heavy atom. The molecule has 0 spiro atoms. The van der Waals surface area contributed by atoms with Crippen LogP contribution in [0, 0.1) is 19.7 Å². The number of ether oxygens (including phenoxy) is 1. The summed E-state index contributed by atoms with van der Waals surface area (Å²) in [6.07, 6.45) is 1.74. The molecule has 1 saturated heterocycles. The first-order valence-corrected chi connectivity index (χ1v) is 10.2. The molecule has 1 fully saturated rings. The number of morpholine rings is 1. The van der Waals surface area contributed by atoms with Crippen molar-refractivity contribution in [3.8, 4) is 11.5 Å². The van der Waals surface area contributed by atoms with E-state index in [1.165, 1.54) is 6.07 Å². The molecular weight excluding hydrogens is 381 g/mol. The molecule has 1 N–H and O–H groups in total. The van der Waals surface area contributed by atoms with Gasteiger partial charge in [-0.15, -0.1) is 0 Å². The number of nitrogens with one attached hydrogen (secondary N) is 1. The Bertz CT molecular complexity index is 992. The number of aromatic nitrogens is 3. The fraction of sp³-hybridized carbons (Fsp3) is 0.348. The van der Waals surface area contributed by atoms with Crippen LogP contribution in [-0.4, -0.2) is 52.7 Å². The predicted octanol–water partition coefficient (Wildman–Crippen LogP) is 3.78. The zero-order chi connectivity index (χ0) is 20.9. The fourth-order valence-electron chi connectivity index (χ4n) is 3.66. The molecule has 1 unspecified atom stereocenters. The van der Waals surface area contributed by atoms with Gasteiger partial charge in [0.25, 0.3) is 0 Å². The summed E-state index contributed by atoms with van der Waals surface area (Å²) < 4.78 is 19.4. The van der Waals surface area contributed by atoms with Gasteiger partial charge in [-0.3, -0.25) is 9.88 Å². The van der Waals surface area contributed by atoms with Gasteiger partial charge in [-0.2, -0.15) is 0 Å². The highest BCUT2D eigenvalue weighted by Crippen LogP contribution is 2.25. The number of anilines is 1. The highest BCUT2D eigenvalue weighted by Gasteiger charge is 2.23. The fourth-order valence-corrected chi connectivity index (χ4v) is 3.66. The topological polar surface area (TPSA) is 63.2 Å². The lowest BCUT2D eigenvalue weighted by molar-refractivity contribution is 0.0186. The molecule has 3 aromatic rings. The van der Waals surface area contributed by atoms with Crippen molar-refractivity contribution in [2.75, 3.05) is 38.2 Å². The number of halogens is 1. The largest absolute Gasteiger partial charge is 0.379 e. The number of pyridine rings is 1. The van der Waals surface area contributed by atoms with Crippen molar-refractivity contribution in [2.24, 2.45) is 0 Å². The van der Waals surface area contributed by atoms with Crippen LogP contribution >= 0.6 is 0 Å². The molecule has 0 aliphatic carbocycles. The van der Waals surface area contributed by atoms with E-state index in [0.717, 1.165) is 41.4 Å². The first kappa shape index (κ1) is 20.4. The third kappa shape index (κ3) is 4.63. The summed E-state index contributed by atoms with van der Waals surface area (Å²) in [5, 5.41) is 3.50. The van der Waals surface area contributed by atoms with Gasteiger partial charge in [-0.05, 0) is 43.7 Å².